The van der Waals surface area contributed by atoms with Crippen molar-refractivity contribution in [1.29, 1.82) is 0 Å². The van der Waals surface area contributed by atoms with E-state index < -0.39 is 5.91 Å². The van der Waals surface area contributed by atoms with Gasteiger partial charge in [-0.05, 0) is 67.2 Å². The molecule has 0 unspecified atom stereocenters. The molecule has 0 aliphatic carbocycles. The lowest BCUT2D eigenvalue weighted by Crippen LogP contribution is -2.30. The Kier molecular flexibility index (Phi) is 14.8. The number of allylic oxidation sites excluding steroid dienone is 6. The third kappa shape index (κ3) is 15.3. The summed E-state index contributed by atoms with van der Waals surface area (Å²) in [4.78, 5) is 35.2. The first kappa shape index (κ1) is 27.4. The number of rotatable bonds is 13. The molecule has 2 amide bonds. The van der Waals surface area contributed by atoms with E-state index in [0.29, 0.717) is 13.1 Å². The molecule has 0 spiro atoms. The number of nitrogens with one attached hydrogen (secondary N) is 2. The van der Waals surface area contributed by atoms with Crippen molar-refractivity contribution < 1.29 is 14.4 Å². The van der Waals surface area contributed by atoms with Crippen LogP contribution in [-0.4, -0.2) is 30.8 Å². The molecule has 0 saturated carbocycles. The van der Waals surface area contributed by atoms with E-state index >= 15 is 0 Å². The van der Waals surface area contributed by atoms with Crippen molar-refractivity contribution >= 4 is 17.8 Å². The average molecular weight is 415 g/mol. The van der Waals surface area contributed by atoms with Gasteiger partial charge in [-0.1, -0.05) is 46.6 Å². The Bertz CT molecular complexity index is 740. The summed E-state index contributed by atoms with van der Waals surface area (Å²) in [5.74, 6) is 0.675. The molecule has 0 atom stereocenters. The Morgan fingerprint density at radius 1 is 0.733 bits per heavy atom. The van der Waals surface area contributed by atoms with Crippen LogP contribution in [0.3, 0.4) is 0 Å². The summed E-state index contributed by atoms with van der Waals surface area (Å²) in [6.07, 6.45) is 11.7. The molecule has 0 saturated heterocycles. The topological polar surface area (TPSA) is 75.3 Å². The third-order valence-electron chi connectivity index (χ3n) is 4.38. The van der Waals surface area contributed by atoms with E-state index in [9.17, 15) is 14.4 Å². The van der Waals surface area contributed by atoms with Crippen molar-refractivity contribution in [3.05, 3.63) is 52.2 Å². The van der Waals surface area contributed by atoms with Crippen LogP contribution in [-0.2, 0) is 14.4 Å². The fourth-order valence-corrected chi connectivity index (χ4v) is 2.53. The van der Waals surface area contributed by atoms with Crippen molar-refractivity contribution in [3.8, 4) is 0 Å². The van der Waals surface area contributed by atoms with Crippen molar-refractivity contribution in [1.82, 2.24) is 10.6 Å². The smallest absolute Gasteiger partial charge is 0.259 e. The predicted molar refractivity (Wildman–Crippen MR) is 125 cm³/mol. The quantitative estimate of drug-likeness (QED) is 0.259. The van der Waals surface area contributed by atoms with Gasteiger partial charge in [-0.25, -0.2) is 4.79 Å². The molecule has 0 aliphatic rings. The number of hydrogen-bond acceptors (Lipinski definition) is 3. The van der Waals surface area contributed by atoms with Gasteiger partial charge in [0.25, 0.3) is 5.91 Å². The van der Waals surface area contributed by atoms with Gasteiger partial charge in [0.2, 0.25) is 5.91 Å². The van der Waals surface area contributed by atoms with Crippen LogP contribution in [0, 0.1) is 0 Å². The highest BCUT2D eigenvalue weighted by Crippen LogP contribution is 2.07. The van der Waals surface area contributed by atoms with Gasteiger partial charge in [-0.15, -0.1) is 0 Å². The Balaban J connectivity index is 4.36. The zero-order valence-corrected chi connectivity index (χ0v) is 19.5. The SMILES string of the molecule is CC(C)=CCC/C(C)=C/CNC(=O)CC(=C=O)C(=O)NC/C=C(\C)CCC=C(C)C. The molecule has 0 fully saturated rings. The first-order valence-corrected chi connectivity index (χ1v) is 10.5. The minimum atomic E-state index is -0.554. The Morgan fingerprint density at radius 2 is 1.20 bits per heavy atom. The number of carbonyl (C=O) groups is 2. The maximum Gasteiger partial charge on any atom is 0.259 e. The van der Waals surface area contributed by atoms with E-state index in [2.05, 4.69) is 50.5 Å². The number of hydrogen-bond donors (Lipinski definition) is 2. The molecule has 166 valence electrons. The molecule has 0 bridgehead atoms. The second kappa shape index (κ2) is 16.2. The van der Waals surface area contributed by atoms with Crippen LogP contribution < -0.4 is 10.6 Å². The lowest BCUT2D eigenvalue weighted by molar-refractivity contribution is -0.123. The van der Waals surface area contributed by atoms with Gasteiger partial charge in [-0.2, -0.15) is 0 Å². The monoisotopic (exact) mass is 414 g/mol. The molecule has 0 aliphatic heterocycles. The Morgan fingerprint density at radius 3 is 1.63 bits per heavy atom. The van der Waals surface area contributed by atoms with Crippen LogP contribution >= 0.6 is 0 Å². The van der Waals surface area contributed by atoms with E-state index in [-0.39, 0.29) is 17.9 Å². The minimum Gasteiger partial charge on any atom is -0.352 e. The molecule has 0 heterocycles. The van der Waals surface area contributed by atoms with Crippen LogP contribution in [0.25, 0.3) is 0 Å². The fourth-order valence-electron chi connectivity index (χ4n) is 2.53. The van der Waals surface area contributed by atoms with Crippen LogP contribution in [0.15, 0.2) is 52.2 Å². The average Bonchev–Trinajstić information content (AvgIpc) is 2.65. The highest BCUT2D eigenvalue weighted by atomic mass is 16.2. The van der Waals surface area contributed by atoms with E-state index in [4.69, 9.17) is 0 Å². The molecular weight excluding hydrogens is 376 g/mol. The molecule has 0 radical (unpaired) electrons. The van der Waals surface area contributed by atoms with E-state index in [1.165, 1.54) is 16.7 Å². The molecule has 30 heavy (non-hydrogen) atoms. The summed E-state index contributed by atoms with van der Waals surface area (Å²) >= 11 is 0. The molecule has 0 aromatic heterocycles. The lowest BCUT2D eigenvalue weighted by atomic mass is 10.1. The normalized spacial score (nSPS) is 11.3. The highest BCUT2D eigenvalue weighted by molar-refractivity contribution is 6.04. The Labute approximate surface area is 182 Å². The van der Waals surface area contributed by atoms with Crippen molar-refractivity contribution in [2.45, 2.75) is 73.6 Å². The van der Waals surface area contributed by atoms with Crippen LogP contribution in [0.2, 0.25) is 0 Å². The van der Waals surface area contributed by atoms with E-state index in [1.54, 1.807) is 5.94 Å². The lowest BCUT2D eigenvalue weighted by Gasteiger charge is -2.06. The van der Waals surface area contributed by atoms with Crippen LogP contribution in [0.1, 0.15) is 73.6 Å². The molecule has 2 N–H and O–H groups in total. The highest BCUT2D eigenvalue weighted by Gasteiger charge is 2.14. The first-order valence-electron chi connectivity index (χ1n) is 10.5. The van der Waals surface area contributed by atoms with Crippen molar-refractivity contribution in [3.63, 3.8) is 0 Å². The standard InChI is InChI=1S/C25H38N2O3/c1-19(2)9-7-11-21(5)13-15-26-24(29)17-23(18-28)25(30)27-16-14-22(6)12-8-10-20(3)4/h9-10,13-14H,7-8,11-12,15-17H2,1-6H3,(H,26,29)(H,27,30)/b21-13+,22-14+. The zero-order chi connectivity index (χ0) is 22.9. The summed E-state index contributed by atoms with van der Waals surface area (Å²) in [7, 11) is 0. The summed E-state index contributed by atoms with van der Waals surface area (Å²) in [6.45, 7) is 13.0. The molecule has 0 aromatic carbocycles. The summed E-state index contributed by atoms with van der Waals surface area (Å²) in [6, 6.07) is 0. The molecule has 5 nitrogen and oxygen atoms in total. The first-order chi connectivity index (χ1) is 14.1. The summed E-state index contributed by atoms with van der Waals surface area (Å²) in [5.41, 5.74) is 4.73. The summed E-state index contributed by atoms with van der Waals surface area (Å²) in [5, 5.41) is 5.36. The predicted octanol–water partition coefficient (Wildman–Crippen LogP) is 4.75. The summed E-state index contributed by atoms with van der Waals surface area (Å²) < 4.78 is 0. The molecular formula is C25H38N2O3. The largest absolute Gasteiger partial charge is 0.352 e. The van der Waals surface area contributed by atoms with Gasteiger partial charge >= 0.3 is 0 Å². The second-order valence-corrected chi connectivity index (χ2v) is 8.01. The molecule has 0 rings (SSSR count). The Hall–Kier alpha value is -2.65. The maximum atomic E-state index is 12.1. The van der Waals surface area contributed by atoms with Gasteiger partial charge in [-0.3, -0.25) is 9.59 Å². The third-order valence-corrected chi connectivity index (χ3v) is 4.38. The van der Waals surface area contributed by atoms with Gasteiger partial charge in [0.05, 0.1) is 6.42 Å². The van der Waals surface area contributed by atoms with Crippen LogP contribution in [0.5, 0.6) is 0 Å². The molecule has 5 heteroatoms. The van der Waals surface area contributed by atoms with Crippen LogP contribution in [0.4, 0.5) is 0 Å². The van der Waals surface area contributed by atoms with Crippen molar-refractivity contribution in [2.24, 2.45) is 0 Å². The molecule has 0 aromatic rings. The van der Waals surface area contributed by atoms with Gasteiger partial charge in [0.1, 0.15) is 11.5 Å². The van der Waals surface area contributed by atoms with Gasteiger partial charge < -0.3 is 10.6 Å². The van der Waals surface area contributed by atoms with E-state index in [1.807, 2.05) is 26.0 Å². The fraction of sp³-hybridized carbons (Fsp3) is 0.520. The van der Waals surface area contributed by atoms with Crippen molar-refractivity contribution in [2.75, 3.05) is 13.1 Å². The van der Waals surface area contributed by atoms with E-state index in [0.717, 1.165) is 31.3 Å². The second-order valence-electron chi connectivity index (χ2n) is 8.01. The van der Waals surface area contributed by atoms with Gasteiger partial charge in [0.15, 0.2) is 0 Å². The number of amides is 2. The zero-order valence-electron chi connectivity index (χ0n) is 19.5. The maximum absolute atomic E-state index is 12.1. The van der Waals surface area contributed by atoms with Gasteiger partial charge in [0, 0.05) is 13.1 Å². The number of carbonyl (C=O) groups excluding carboxylic acids is 3. The minimum absolute atomic E-state index is 0.188.